The van der Waals surface area contributed by atoms with Crippen molar-refractivity contribution in [1.29, 1.82) is 0 Å². The van der Waals surface area contributed by atoms with E-state index in [4.69, 9.17) is 4.98 Å². The van der Waals surface area contributed by atoms with Gasteiger partial charge in [0.15, 0.2) is 5.65 Å². The molecule has 3 aromatic heterocycles. The van der Waals surface area contributed by atoms with E-state index in [0.29, 0.717) is 28.4 Å². The predicted molar refractivity (Wildman–Crippen MR) is 138 cm³/mol. The van der Waals surface area contributed by atoms with Crippen molar-refractivity contribution in [3.8, 4) is 5.69 Å². The molecule has 0 bridgehead atoms. The lowest BCUT2D eigenvalue weighted by molar-refractivity contribution is 0.214. The van der Waals surface area contributed by atoms with Crippen LogP contribution in [-0.4, -0.2) is 30.9 Å². The van der Waals surface area contributed by atoms with E-state index >= 15 is 0 Å². The molecule has 0 atom stereocenters. The van der Waals surface area contributed by atoms with Crippen LogP contribution in [0.1, 0.15) is 63.4 Å². The van der Waals surface area contributed by atoms with Crippen molar-refractivity contribution in [3.63, 3.8) is 0 Å². The highest BCUT2D eigenvalue weighted by Gasteiger charge is 2.32. The molecule has 0 saturated heterocycles. The first-order valence-corrected chi connectivity index (χ1v) is 12.4. The Morgan fingerprint density at radius 1 is 1.17 bits per heavy atom. The normalized spacial score (nSPS) is 17.2. The van der Waals surface area contributed by atoms with Gasteiger partial charge in [-0.25, -0.2) is 18.7 Å². The van der Waals surface area contributed by atoms with Gasteiger partial charge in [0.1, 0.15) is 11.1 Å². The predicted octanol–water partition coefficient (Wildman–Crippen LogP) is 4.64. The van der Waals surface area contributed by atoms with Gasteiger partial charge in [0.05, 0.1) is 17.4 Å². The number of nitrogens with zero attached hydrogens (tertiary/aromatic N) is 5. The Morgan fingerprint density at radius 2 is 1.97 bits per heavy atom. The maximum Gasteiger partial charge on any atom is 0.278 e. The third-order valence-corrected chi connectivity index (χ3v) is 7.11. The number of aromatic nitrogens is 5. The second kappa shape index (κ2) is 7.96. The van der Waals surface area contributed by atoms with Crippen LogP contribution in [0.2, 0.25) is 0 Å². The highest BCUT2D eigenvalue weighted by molar-refractivity contribution is 5.77. The van der Waals surface area contributed by atoms with Crippen LogP contribution in [0.25, 0.3) is 16.7 Å². The van der Waals surface area contributed by atoms with Crippen molar-refractivity contribution in [1.82, 2.24) is 29.6 Å². The lowest BCUT2D eigenvalue weighted by Gasteiger charge is -2.34. The first-order chi connectivity index (χ1) is 17.1. The summed E-state index contributed by atoms with van der Waals surface area (Å²) in [5.74, 6) is 0.400. The molecule has 0 amide bonds. The summed E-state index contributed by atoms with van der Waals surface area (Å²) in [5.41, 5.74) is 3.10. The zero-order chi connectivity index (χ0) is 25.2. The molecule has 4 heterocycles. The molecule has 4 aromatic rings. The largest absolute Gasteiger partial charge is 0.324 e. The summed E-state index contributed by atoms with van der Waals surface area (Å²) in [4.78, 5) is 26.7. The van der Waals surface area contributed by atoms with Crippen LogP contribution >= 0.6 is 0 Å². The Bertz CT molecular complexity index is 1540. The third kappa shape index (κ3) is 3.87. The standard InChI is InChI=1S/C27H30FN7O/c1-26(2,28)22-14-19(10-11-29-22)34-23-20(24(36)35(34)18-6-7-18)15-30-25(33-23)32-17-5-8-21-16(13-17)9-12-31-27(21,3)4/h5,8,10-11,13-15,18,31H,6-7,9,12H2,1-4H3,(H,30,32,33). The van der Waals surface area contributed by atoms with E-state index < -0.39 is 5.67 Å². The maximum absolute atomic E-state index is 14.7. The van der Waals surface area contributed by atoms with Gasteiger partial charge in [-0.3, -0.25) is 9.78 Å². The number of pyridine rings is 1. The number of benzene rings is 1. The van der Waals surface area contributed by atoms with Gasteiger partial charge >= 0.3 is 0 Å². The number of nitrogens with one attached hydrogen (secondary N) is 2. The number of rotatable bonds is 5. The number of hydrogen-bond acceptors (Lipinski definition) is 6. The molecule has 0 unspecified atom stereocenters. The third-order valence-electron chi connectivity index (χ3n) is 7.11. The smallest absolute Gasteiger partial charge is 0.278 e. The van der Waals surface area contributed by atoms with Gasteiger partial charge < -0.3 is 10.6 Å². The van der Waals surface area contributed by atoms with Gasteiger partial charge in [0.2, 0.25) is 5.95 Å². The Kier molecular flexibility index (Phi) is 5.05. The van der Waals surface area contributed by atoms with E-state index in [0.717, 1.165) is 31.5 Å². The SMILES string of the molecule is CC(C)(F)c1cc(-n2c3nc(Nc4ccc5c(c4)CCNC5(C)C)ncc3c(=O)n2C2CC2)ccn1. The molecule has 2 N–H and O–H groups in total. The minimum absolute atomic E-state index is 0.0686. The van der Waals surface area contributed by atoms with Crippen LogP contribution in [-0.2, 0) is 17.6 Å². The number of alkyl halides is 1. The summed E-state index contributed by atoms with van der Waals surface area (Å²) < 4.78 is 18.2. The summed E-state index contributed by atoms with van der Waals surface area (Å²) in [6.07, 6.45) is 5.94. The molecule has 186 valence electrons. The van der Waals surface area contributed by atoms with Crippen LogP contribution in [0, 0.1) is 0 Å². The van der Waals surface area contributed by atoms with E-state index in [1.807, 2.05) is 6.07 Å². The van der Waals surface area contributed by atoms with Gasteiger partial charge in [-0.15, -0.1) is 0 Å². The molecule has 1 saturated carbocycles. The topological polar surface area (TPSA) is 89.7 Å². The molecule has 36 heavy (non-hydrogen) atoms. The molecule has 0 radical (unpaired) electrons. The Labute approximate surface area is 208 Å². The fourth-order valence-corrected chi connectivity index (χ4v) is 5.05. The maximum atomic E-state index is 14.7. The van der Waals surface area contributed by atoms with Crippen LogP contribution in [0.15, 0.2) is 47.5 Å². The number of halogens is 1. The summed E-state index contributed by atoms with van der Waals surface area (Å²) in [5, 5.41) is 7.31. The van der Waals surface area contributed by atoms with Crippen LogP contribution < -0.4 is 16.2 Å². The van der Waals surface area contributed by atoms with Crippen molar-refractivity contribution < 1.29 is 4.39 Å². The molecule has 0 spiro atoms. The van der Waals surface area contributed by atoms with Crippen molar-refractivity contribution in [2.45, 2.75) is 64.2 Å². The highest BCUT2D eigenvalue weighted by atomic mass is 19.1. The van der Waals surface area contributed by atoms with Crippen LogP contribution in [0.4, 0.5) is 16.0 Å². The average Bonchev–Trinajstić information content (AvgIpc) is 3.62. The molecular weight excluding hydrogens is 457 g/mol. The van der Waals surface area contributed by atoms with Gasteiger partial charge in [0.25, 0.3) is 5.56 Å². The Balaban J connectivity index is 1.45. The Hall–Kier alpha value is -3.59. The van der Waals surface area contributed by atoms with Gasteiger partial charge in [-0.2, -0.15) is 4.98 Å². The van der Waals surface area contributed by atoms with E-state index in [2.05, 4.69) is 46.6 Å². The summed E-state index contributed by atoms with van der Waals surface area (Å²) >= 11 is 0. The van der Waals surface area contributed by atoms with Crippen molar-refractivity contribution in [3.05, 3.63) is 69.9 Å². The summed E-state index contributed by atoms with van der Waals surface area (Å²) in [6.45, 7) is 8.25. The Morgan fingerprint density at radius 3 is 2.72 bits per heavy atom. The average molecular weight is 488 g/mol. The first kappa shape index (κ1) is 22.8. The fraction of sp³-hybridized carbons (Fsp3) is 0.407. The second-order valence-electron chi connectivity index (χ2n) is 10.8. The quantitative estimate of drug-likeness (QED) is 0.426. The van der Waals surface area contributed by atoms with Crippen molar-refractivity contribution in [2.75, 3.05) is 11.9 Å². The number of hydrogen-bond donors (Lipinski definition) is 2. The van der Waals surface area contributed by atoms with E-state index in [9.17, 15) is 9.18 Å². The zero-order valence-electron chi connectivity index (χ0n) is 21.0. The lowest BCUT2D eigenvalue weighted by Crippen LogP contribution is -2.42. The van der Waals surface area contributed by atoms with Crippen molar-refractivity contribution in [2.24, 2.45) is 0 Å². The molecule has 1 aromatic carbocycles. The summed E-state index contributed by atoms with van der Waals surface area (Å²) in [6, 6.07) is 9.87. The van der Waals surface area contributed by atoms with E-state index in [1.54, 1.807) is 33.9 Å². The lowest BCUT2D eigenvalue weighted by atomic mass is 9.85. The fourth-order valence-electron chi connectivity index (χ4n) is 5.05. The van der Waals surface area contributed by atoms with E-state index in [1.165, 1.54) is 25.0 Å². The van der Waals surface area contributed by atoms with Crippen LogP contribution in [0.3, 0.4) is 0 Å². The summed E-state index contributed by atoms with van der Waals surface area (Å²) in [7, 11) is 0. The first-order valence-electron chi connectivity index (χ1n) is 12.4. The van der Waals surface area contributed by atoms with E-state index in [-0.39, 0.29) is 17.1 Å². The second-order valence-corrected chi connectivity index (χ2v) is 10.8. The monoisotopic (exact) mass is 487 g/mol. The molecule has 1 aliphatic carbocycles. The van der Waals surface area contributed by atoms with Gasteiger partial charge in [0, 0.05) is 23.6 Å². The number of fused-ring (bicyclic) bond motifs is 2. The minimum Gasteiger partial charge on any atom is -0.324 e. The molecule has 2 aliphatic rings. The minimum atomic E-state index is -1.61. The van der Waals surface area contributed by atoms with Crippen molar-refractivity contribution >= 4 is 22.7 Å². The highest BCUT2D eigenvalue weighted by Crippen LogP contribution is 2.36. The molecule has 9 heteroatoms. The number of anilines is 2. The van der Waals surface area contributed by atoms with Gasteiger partial charge in [-0.05, 0) is 88.9 Å². The molecule has 6 rings (SSSR count). The molecular formula is C27H30FN7O. The molecule has 1 aliphatic heterocycles. The van der Waals surface area contributed by atoms with Gasteiger partial charge in [-0.1, -0.05) is 6.07 Å². The molecule has 1 fully saturated rings. The van der Waals surface area contributed by atoms with Crippen LogP contribution in [0.5, 0.6) is 0 Å². The molecule has 8 nitrogen and oxygen atoms in total. The zero-order valence-corrected chi connectivity index (χ0v) is 21.0.